The van der Waals surface area contributed by atoms with Crippen LogP contribution in [-0.2, 0) is 13.1 Å². The van der Waals surface area contributed by atoms with Crippen molar-refractivity contribution < 1.29 is 13.6 Å². The van der Waals surface area contributed by atoms with Gasteiger partial charge in [0.25, 0.3) is 5.91 Å². The molecule has 3 aromatic carbocycles. The first-order chi connectivity index (χ1) is 15.4. The van der Waals surface area contributed by atoms with Crippen molar-refractivity contribution in [1.82, 2.24) is 9.13 Å². The molecule has 0 spiro atoms. The summed E-state index contributed by atoms with van der Waals surface area (Å²) in [5.41, 5.74) is 0.940. The second-order valence-corrected chi connectivity index (χ2v) is 8.19. The number of rotatable bonds is 6. The molecule has 8 heteroatoms. The van der Waals surface area contributed by atoms with E-state index in [-0.39, 0.29) is 5.69 Å². The lowest BCUT2D eigenvalue weighted by Gasteiger charge is -2.13. The Bertz CT molecular complexity index is 1340. The zero-order valence-corrected chi connectivity index (χ0v) is 18.4. The van der Waals surface area contributed by atoms with Crippen LogP contribution in [0, 0.1) is 11.6 Å². The molecular formula is C24H21F2N3O2S. The molecule has 4 rings (SSSR count). The lowest BCUT2D eigenvalue weighted by molar-refractivity contribution is 0.101. The summed E-state index contributed by atoms with van der Waals surface area (Å²) in [4.78, 5) is 27.2. The molecule has 0 unspecified atom stereocenters. The maximum absolute atomic E-state index is 14.2. The molecule has 1 N–H and O–H groups in total. The second-order valence-electron chi connectivity index (χ2n) is 7.07. The molecule has 1 heterocycles. The van der Waals surface area contributed by atoms with Crippen molar-refractivity contribution in [3.05, 3.63) is 88.3 Å². The summed E-state index contributed by atoms with van der Waals surface area (Å²) >= 11 is 1.39. The van der Waals surface area contributed by atoms with Crippen LogP contribution in [0.5, 0.6) is 0 Å². The highest BCUT2D eigenvalue weighted by Crippen LogP contribution is 2.37. The maximum atomic E-state index is 14.2. The van der Waals surface area contributed by atoms with E-state index in [0.717, 1.165) is 22.5 Å². The molecule has 0 saturated heterocycles. The van der Waals surface area contributed by atoms with Crippen molar-refractivity contribution in [3.63, 3.8) is 0 Å². The molecule has 0 fully saturated rings. The molecule has 1 aromatic heterocycles. The first-order valence-corrected chi connectivity index (χ1v) is 11.0. The zero-order valence-electron chi connectivity index (χ0n) is 17.6. The summed E-state index contributed by atoms with van der Waals surface area (Å²) < 4.78 is 31.6. The third-order valence-electron chi connectivity index (χ3n) is 5.16. The normalized spacial score (nSPS) is 11.1. The van der Waals surface area contributed by atoms with E-state index in [0.29, 0.717) is 29.2 Å². The van der Waals surface area contributed by atoms with Crippen molar-refractivity contribution in [3.8, 4) is 0 Å². The van der Waals surface area contributed by atoms with Gasteiger partial charge >= 0.3 is 5.69 Å². The van der Waals surface area contributed by atoms with E-state index in [1.54, 1.807) is 15.2 Å². The fourth-order valence-corrected chi connectivity index (χ4v) is 4.59. The van der Waals surface area contributed by atoms with Gasteiger partial charge in [-0.15, -0.1) is 0 Å². The predicted molar refractivity (Wildman–Crippen MR) is 122 cm³/mol. The molecule has 5 nitrogen and oxygen atoms in total. The van der Waals surface area contributed by atoms with Crippen LogP contribution in [0.4, 0.5) is 14.5 Å². The topological polar surface area (TPSA) is 56.0 Å². The van der Waals surface area contributed by atoms with E-state index >= 15 is 0 Å². The molecule has 0 radical (unpaired) electrons. The van der Waals surface area contributed by atoms with E-state index in [4.69, 9.17) is 0 Å². The van der Waals surface area contributed by atoms with Crippen LogP contribution < -0.4 is 11.0 Å². The van der Waals surface area contributed by atoms with Crippen LogP contribution in [0.15, 0.2) is 75.2 Å². The summed E-state index contributed by atoms with van der Waals surface area (Å²) in [6.07, 6.45) is 0. The summed E-state index contributed by atoms with van der Waals surface area (Å²) in [6, 6.07) is 16.3. The Kier molecular flexibility index (Phi) is 6.14. The Morgan fingerprint density at radius 3 is 2.09 bits per heavy atom. The monoisotopic (exact) mass is 453 g/mol. The average molecular weight is 454 g/mol. The molecule has 0 atom stereocenters. The fourth-order valence-electron chi connectivity index (χ4n) is 3.65. The molecule has 0 bridgehead atoms. The number of imidazole rings is 1. The first-order valence-electron chi connectivity index (χ1n) is 10.2. The van der Waals surface area contributed by atoms with Gasteiger partial charge in [-0.25, -0.2) is 13.6 Å². The number of aromatic nitrogens is 2. The van der Waals surface area contributed by atoms with Gasteiger partial charge in [0.1, 0.15) is 17.2 Å². The van der Waals surface area contributed by atoms with Crippen molar-refractivity contribution in [2.24, 2.45) is 0 Å². The van der Waals surface area contributed by atoms with Crippen molar-refractivity contribution in [2.75, 3.05) is 5.32 Å². The number of carbonyl (C=O) groups excluding carboxylic acids is 1. The lowest BCUT2D eigenvalue weighted by Crippen LogP contribution is -2.23. The van der Waals surface area contributed by atoms with Gasteiger partial charge in [-0.1, -0.05) is 36.0 Å². The maximum Gasteiger partial charge on any atom is 0.329 e. The quantitative estimate of drug-likeness (QED) is 0.418. The van der Waals surface area contributed by atoms with E-state index in [1.165, 1.54) is 17.8 Å². The Morgan fingerprint density at radius 1 is 0.906 bits per heavy atom. The zero-order chi connectivity index (χ0) is 22.8. The molecule has 0 aliphatic rings. The van der Waals surface area contributed by atoms with Gasteiger partial charge in [-0.05, 0) is 50.2 Å². The Morgan fingerprint density at radius 2 is 1.50 bits per heavy atom. The molecule has 32 heavy (non-hydrogen) atoms. The Hall–Kier alpha value is -3.39. The highest BCUT2D eigenvalue weighted by molar-refractivity contribution is 7.99. The largest absolute Gasteiger partial charge is 0.329 e. The van der Waals surface area contributed by atoms with Gasteiger partial charge in [-0.3, -0.25) is 13.9 Å². The van der Waals surface area contributed by atoms with Crippen molar-refractivity contribution in [1.29, 1.82) is 0 Å². The van der Waals surface area contributed by atoms with E-state index in [2.05, 4.69) is 5.32 Å². The van der Waals surface area contributed by atoms with Crippen LogP contribution in [0.2, 0.25) is 0 Å². The fraction of sp³-hybridized carbons (Fsp3) is 0.167. The Labute approximate surface area is 187 Å². The molecule has 1 amide bonds. The number of nitrogens with one attached hydrogen (secondary N) is 1. The summed E-state index contributed by atoms with van der Waals surface area (Å²) in [6.45, 7) is 4.69. The number of anilines is 1. The number of carbonyl (C=O) groups is 1. The number of hydrogen-bond acceptors (Lipinski definition) is 3. The van der Waals surface area contributed by atoms with Crippen LogP contribution in [0.3, 0.4) is 0 Å². The highest BCUT2D eigenvalue weighted by Gasteiger charge is 2.21. The summed E-state index contributed by atoms with van der Waals surface area (Å²) in [7, 11) is 0. The van der Waals surface area contributed by atoms with Crippen LogP contribution in [0.25, 0.3) is 11.0 Å². The number of benzene rings is 3. The minimum absolute atomic E-state index is 0.149. The molecular weight excluding hydrogens is 432 g/mol. The molecule has 0 aliphatic heterocycles. The van der Waals surface area contributed by atoms with Crippen LogP contribution in [0.1, 0.15) is 24.2 Å². The minimum atomic E-state index is -0.941. The number of halogens is 2. The molecule has 0 aliphatic carbocycles. The number of amides is 1. The number of fused-ring (bicyclic) bond motifs is 1. The van der Waals surface area contributed by atoms with Crippen molar-refractivity contribution >= 4 is 34.4 Å². The Balaban J connectivity index is 1.87. The molecule has 0 saturated carbocycles. The van der Waals surface area contributed by atoms with Gasteiger partial charge in [0.2, 0.25) is 0 Å². The van der Waals surface area contributed by atoms with Gasteiger partial charge in [-0.2, -0.15) is 0 Å². The van der Waals surface area contributed by atoms with Gasteiger partial charge in [0.15, 0.2) is 0 Å². The second kappa shape index (κ2) is 9.00. The summed E-state index contributed by atoms with van der Waals surface area (Å²) in [5, 5.41) is 2.65. The van der Waals surface area contributed by atoms with Crippen molar-refractivity contribution in [2.45, 2.75) is 36.7 Å². The van der Waals surface area contributed by atoms with Gasteiger partial charge < -0.3 is 5.32 Å². The van der Waals surface area contributed by atoms with E-state index < -0.39 is 23.1 Å². The summed E-state index contributed by atoms with van der Waals surface area (Å²) in [5.74, 6) is -2.78. The molecule has 4 aromatic rings. The standard InChI is InChI=1S/C24H21F2N3O2S/c1-3-28-19-13-18(27-23(30)22-16(25)11-8-12-17(22)26)21(32-15-9-6-5-7-10-15)14-20(19)29(4-2)24(28)31/h5-14H,3-4H2,1-2H3,(H,27,30). The smallest absolute Gasteiger partial charge is 0.321 e. The lowest BCUT2D eigenvalue weighted by atomic mass is 10.1. The first kappa shape index (κ1) is 21.8. The van der Waals surface area contributed by atoms with E-state index in [9.17, 15) is 18.4 Å². The third-order valence-corrected chi connectivity index (χ3v) is 6.23. The van der Waals surface area contributed by atoms with Crippen LogP contribution >= 0.6 is 11.8 Å². The minimum Gasteiger partial charge on any atom is -0.321 e. The van der Waals surface area contributed by atoms with Gasteiger partial charge in [0, 0.05) is 22.9 Å². The third kappa shape index (κ3) is 3.93. The number of nitrogens with zero attached hydrogens (tertiary/aromatic N) is 2. The van der Waals surface area contributed by atoms with E-state index in [1.807, 2.05) is 50.2 Å². The highest BCUT2D eigenvalue weighted by atomic mass is 32.2. The van der Waals surface area contributed by atoms with Crippen LogP contribution in [-0.4, -0.2) is 15.0 Å². The SMILES string of the molecule is CCn1c(=O)n(CC)c2cc(Sc3ccccc3)c(NC(=O)c3c(F)cccc3F)cc21. The molecule has 164 valence electrons. The predicted octanol–water partition coefficient (Wildman–Crippen LogP) is 5.52. The van der Waals surface area contributed by atoms with Gasteiger partial charge in [0.05, 0.1) is 16.7 Å². The number of aryl methyl sites for hydroxylation is 2. The number of hydrogen-bond donors (Lipinski definition) is 1. The average Bonchev–Trinajstić information content (AvgIpc) is 3.03.